The fourth-order valence-corrected chi connectivity index (χ4v) is 6.08. The maximum Gasteiger partial charge on any atom is 0.257 e. The third-order valence-electron chi connectivity index (χ3n) is 7.07. The Labute approximate surface area is 212 Å². The Morgan fingerprint density at radius 1 is 1.06 bits per heavy atom. The largest absolute Gasteiger partial charge is 0.367 e. The quantitative estimate of drug-likeness (QED) is 0.387. The second-order valence-electron chi connectivity index (χ2n) is 9.34. The molecule has 2 aromatic carbocycles. The summed E-state index contributed by atoms with van der Waals surface area (Å²) in [6, 6.07) is 16.1. The molecule has 5 aromatic rings. The van der Waals surface area contributed by atoms with Crippen LogP contribution in [0.4, 0.5) is 5.69 Å². The molecule has 0 unspecified atom stereocenters. The number of aromatic nitrogens is 2. The molecule has 36 heavy (non-hydrogen) atoms. The van der Waals surface area contributed by atoms with E-state index in [4.69, 9.17) is 4.98 Å². The number of pyridine rings is 2. The van der Waals surface area contributed by atoms with Gasteiger partial charge in [-0.15, -0.1) is 11.3 Å². The summed E-state index contributed by atoms with van der Waals surface area (Å²) < 4.78 is 1.05. The lowest BCUT2D eigenvalue weighted by Gasteiger charge is -2.36. The average molecular weight is 498 g/mol. The first kappa shape index (κ1) is 22.7. The van der Waals surface area contributed by atoms with Gasteiger partial charge in [-0.2, -0.15) is 0 Å². The van der Waals surface area contributed by atoms with Crippen molar-refractivity contribution in [3.63, 3.8) is 0 Å². The molecule has 8 heteroatoms. The van der Waals surface area contributed by atoms with E-state index in [1.54, 1.807) is 18.4 Å². The summed E-state index contributed by atoms with van der Waals surface area (Å²) in [4.78, 5) is 37.2. The number of hydrogen-bond acceptors (Lipinski definition) is 6. The molecule has 0 bridgehead atoms. The molecule has 0 spiro atoms. The van der Waals surface area contributed by atoms with Gasteiger partial charge in [0.2, 0.25) is 0 Å². The number of H-pyrrole nitrogens is 1. The first-order valence-corrected chi connectivity index (χ1v) is 13.0. The van der Waals surface area contributed by atoms with Gasteiger partial charge < -0.3 is 15.2 Å². The molecule has 2 N–H and O–H groups in total. The van der Waals surface area contributed by atoms with E-state index in [1.165, 1.54) is 5.56 Å². The van der Waals surface area contributed by atoms with E-state index in [1.807, 2.05) is 36.6 Å². The van der Waals surface area contributed by atoms with Gasteiger partial charge in [0.1, 0.15) is 0 Å². The number of piperazine rings is 1. The van der Waals surface area contributed by atoms with Gasteiger partial charge >= 0.3 is 0 Å². The van der Waals surface area contributed by atoms with Crippen molar-refractivity contribution in [3.05, 3.63) is 81.1 Å². The summed E-state index contributed by atoms with van der Waals surface area (Å²) in [6.07, 6.45) is 0. The van der Waals surface area contributed by atoms with E-state index in [0.29, 0.717) is 5.56 Å². The molecule has 1 amide bonds. The Bertz CT molecular complexity index is 1680. The standard InChI is InChI=1S/C28H27N5O2S/c1-17-25(15-20-14-19(27(34)29-2)4-6-23(20)30-17)33-10-8-32(9-11-33)16-18-3-5-21-24(13-18)31-28(35)22-7-12-36-26(21)22/h3-7,12-15H,8-11,16H2,1-2H3,(H,29,34)(H,31,35). The first-order chi connectivity index (χ1) is 17.5. The molecular weight excluding hydrogens is 470 g/mol. The number of benzene rings is 2. The number of aromatic amines is 1. The van der Waals surface area contributed by atoms with Crippen molar-refractivity contribution in [1.82, 2.24) is 20.2 Å². The molecule has 1 saturated heterocycles. The van der Waals surface area contributed by atoms with E-state index in [9.17, 15) is 9.59 Å². The molecule has 6 rings (SSSR count). The number of fused-ring (bicyclic) bond motifs is 4. The number of hydrogen-bond donors (Lipinski definition) is 2. The Hall–Kier alpha value is -3.75. The monoisotopic (exact) mass is 497 g/mol. The lowest BCUT2D eigenvalue weighted by atomic mass is 10.1. The minimum Gasteiger partial charge on any atom is -0.367 e. The van der Waals surface area contributed by atoms with Crippen LogP contribution in [0.1, 0.15) is 21.6 Å². The van der Waals surface area contributed by atoms with Crippen LogP contribution in [0.2, 0.25) is 0 Å². The van der Waals surface area contributed by atoms with Crippen molar-refractivity contribution in [2.24, 2.45) is 0 Å². The van der Waals surface area contributed by atoms with Crippen molar-refractivity contribution in [1.29, 1.82) is 0 Å². The van der Waals surface area contributed by atoms with E-state index in [0.717, 1.165) is 76.0 Å². The van der Waals surface area contributed by atoms with Crippen LogP contribution in [0.15, 0.2) is 58.7 Å². The molecule has 3 aromatic heterocycles. The summed E-state index contributed by atoms with van der Waals surface area (Å²) in [5, 5.41) is 7.50. The third kappa shape index (κ3) is 4.02. The minimum atomic E-state index is -0.0924. The first-order valence-electron chi connectivity index (χ1n) is 12.1. The predicted molar refractivity (Wildman–Crippen MR) is 147 cm³/mol. The molecule has 182 valence electrons. The topological polar surface area (TPSA) is 81.3 Å². The second kappa shape index (κ2) is 9.04. The van der Waals surface area contributed by atoms with Crippen molar-refractivity contribution >= 4 is 54.8 Å². The van der Waals surface area contributed by atoms with Crippen LogP contribution in [0.25, 0.3) is 31.9 Å². The number of anilines is 1. The highest BCUT2D eigenvalue weighted by atomic mass is 32.1. The zero-order valence-electron chi connectivity index (χ0n) is 20.3. The Morgan fingerprint density at radius 3 is 2.69 bits per heavy atom. The van der Waals surface area contributed by atoms with Crippen LogP contribution in [-0.4, -0.2) is 54.0 Å². The molecule has 0 saturated carbocycles. The molecule has 4 heterocycles. The van der Waals surface area contributed by atoms with E-state index in [-0.39, 0.29) is 11.5 Å². The van der Waals surface area contributed by atoms with Crippen molar-refractivity contribution in [3.8, 4) is 0 Å². The van der Waals surface area contributed by atoms with Gasteiger partial charge in [0.15, 0.2) is 0 Å². The zero-order chi connectivity index (χ0) is 24.8. The summed E-state index contributed by atoms with van der Waals surface area (Å²) in [6.45, 7) is 6.59. The molecule has 1 aliphatic rings. The molecular formula is C28H27N5O2S. The van der Waals surface area contributed by atoms with Gasteiger partial charge in [0.25, 0.3) is 11.5 Å². The Kier molecular flexibility index (Phi) is 5.70. The number of carbonyl (C=O) groups excluding carboxylic acids is 1. The fourth-order valence-electron chi connectivity index (χ4n) is 5.15. The SMILES string of the molecule is CNC(=O)c1ccc2nc(C)c(N3CCN(Cc4ccc5c(c4)[nH]c(=O)c4ccsc45)CC3)cc2c1. The van der Waals surface area contributed by atoms with Crippen molar-refractivity contribution < 1.29 is 4.79 Å². The third-order valence-corrected chi connectivity index (χ3v) is 8.02. The van der Waals surface area contributed by atoms with Crippen molar-refractivity contribution in [2.75, 3.05) is 38.1 Å². The van der Waals surface area contributed by atoms with Gasteiger partial charge in [0, 0.05) is 60.8 Å². The number of amides is 1. The molecule has 0 radical (unpaired) electrons. The molecule has 0 aliphatic carbocycles. The highest BCUT2D eigenvalue weighted by Crippen LogP contribution is 2.28. The second-order valence-corrected chi connectivity index (χ2v) is 10.3. The van der Waals surface area contributed by atoms with E-state index in [2.05, 4.69) is 44.4 Å². The molecule has 0 atom stereocenters. The van der Waals surface area contributed by atoms with Crippen LogP contribution in [0, 0.1) is 6.92 Å². The lowest BCUT2D eigenvalue weighted by molar-refractivity contribution is 0.0963. The predicted octanol–water partition coefficient (Wildman–Crippen LogP) is 4.28. The van der Waals surface area contributed by atoms with Gasteiger partial charge in [-0.05, 0) is 54.3 Å². The van der Waals surface area contributed by atoms with Crippen LogP contribution in [0.5, 0.6) is 0 Å². The average Bonchev–Trinajstić information content (AvgIpc) is 3.39. The normalized spacial score (nSPS) is 14.7. The highest BCUT2D eigenvalue weighted by molar-refractivity contribution is 7.18. The number of thiophene rings is 1. The zero-order valence-corrected chi connectivity index (χ0v) is 21.1. The van der Waals surface area contributed by atoms with Crippen molar-refractivity contribution in [2.45, 2.75) is 13.5 Å². The Morgan fingerprint density at radius 2 is 1.89 bits per heavy atom. The Balaban J connectivity index is 1.19. The van der Waals surface area contributed by atoms with Crippen LogP contribution in [0.3, 0.4) is 0 Å². The summed E-state index contributed by atoms with van der Waals surface area (Å²) in [7, 11) is 1.64. The van der Waals surface area contributed by atoms with Gasteiger partial charge in [-0.25, -0.2) is 0 Å². The maximum atomic E-state index is 12.4. The number of nitrogens with one attached hydrogen (secondary N) is 2. The molecule has 1 fully saturated rings. The van der Waals surface area contributed by atoms with E-state index < -0.39 is 0 Å². The highest BCUT2D eigenvalue weighted by Gasteiger charge is 2.20. The molecule has 7 nitrogen and oxygen atoms in total. The lowest BCUT2D eigenvalue weighted by Crippen LogP contribution is -2.46. The summed E-state index contributed by atoms with van der Waals surface area (Å²) >= 11 is 1.61. The van der Waals surface area contributed by atoms with E-state index >= 15 is 0 Å². The number of nitrogens with zero attached hydrogens (tertiary/aromatic N) is 3. The van der Waals surface area contributed by atoms with Gasteiger partial charge in [-0.1, -0.05) is 12.1 Å². The summed E-state index contributed by atoms with van der Waals surface area (Å²) in [5.41, 5.74) is 5.75. The maximum absolute atomic E-state index is 12.4. The van der Waals surface area contributed by atoms with Gasteiger partial charge in [0.05, 0.1) is 27.8 Å². The number of carbonyl (C=O) groups is 1. The smallest absolute Gasteiger partial charge is 0.257 e. The summed E-state index contributed by atoms with van der Waals surface area (Å²) in [5.74, 6) is -0.0924. The number of aryl methyl sites for hydroxylation is 1. The van der Waals surface area contributed by atoms with Crippen LogP contribution >= 0.6 is 11.3 Å². The van der Waals surface area contributed by atoms with Gasteiger partial charge in [-0.3, -0.25) is 19.5 Å². The molecule has 1 aliphatic heterocycles. The number of rotatable bonds is 4. The minimum absolute atomic E-state index is 0.0219. The van der Waals surface area contributed by atoms with Crippen LogP contribution in [-0.2, 0) is 6.54 Å². The van der Waals surface area contributed by atoms with Crippen LogP contribution < -0.4 is 15.8 Å². The fraction of sp³-hybridized carbons (Fsp3) is 0.250.